The molecule has 112 valence electrons. The summed E-state index contributed by atoms with van der Waals surface area (Å²) in [5, 5.41) is 13.0. The van der Waals surface area contributed by atoms with E-state index in [0.29, 0.717) is 28.0 Å². The first-order valence-electron chi connectivity index (χ1n) is 7.11. The van der Waals surface area contributed by atoms with E-state index in [0.717, 1.165) is 12.1 Å². The first kappa shape index (κ1) is 15.5. The Bertz CT molecular complexity index is 618. The molecule has 0 spiro atoms. The van der Waals surface area contributed by atoms with Gasteiger partial charge in [0.2, 0.25) is 0 Å². The van der Waals surface area contributed by atoms with Gasteiger partial charge in [0.1, 0.15) is 4.88 Å². The van der Waals surface area contributed by atoms with Crippen molar-refractivity contribution in [1.82, 2.24) is 4.98 Å². The number of thiazole rings is 1. The monoisotopic (exact) mass is 304 g/mol. The molecule has 0 saturated carbocycles. The number of carboxylic acid groups (broad SMARTS) is 1. The molecule has 1 aromatic carbocycles. The molecule has 0 saturated heterocycles. The third-order valence-electron chi connectivity index (χ3n) is 3.21. The van der Waals surface area contributed by atoms with Gasteiger partial charge in [0.25, 0.3) is 0 Å². The van der Waals surface area contributed by atoms with Gasteiger partial charge < -0.3 is 10.4 Å². The van der Waals surface area contributed by atoms with Crippen molar-refractivity contribution in [2.45, 2.75) is 39.5 Å². The minimum atomic E-state index is -0.904. The summed E-state index contributed by atoms with van der Waals surface area (Å²) in [7, 11) is 0. The van der Waals surface area contributed by atoms with Crippen molar-refractivity contribution >= 4 is 28.1 Å². The largest absolute Gasteiger partial charge is 0.477 e. The lowest BCUT2D eigenvalue weighted by molar-refractivity contribution is 0.0700. The average molecular weight is 304 g/mol. The molecule has 0 unspecified atom stereocenters. The number of hydrogen-bond donors (Lipinski definition) is 2. The highest BCUT2D eigenvalue weighted by molar-refractivity contribution is 7.17. The number of nitrogens with one attached hydrogen (secondary N) is 1. The lowest BCUT2D eigenvalue weighted by Gasteiger charge is -2.07. The Morgan fingerprint density at radius 1 is 1.33 bits per heavy atom. The van der Waals surface area contributed by atoms with Crippen molar-refractivity contribution in [3.05, 3.63) is 40.4 Å². The topological polar surface area (TPSA) is 62.2 Å². The Balaban J connectivity index is 2.19. The van der Waals surface area contributed by atoms with Gasteiger partial charge in [-0.2, -0.15) is 0 Å². The van der Waals surface area contributed by atoms with Crippen molar-refractivity contribution in [3.8, 4) is 0 Å². The first-order valence-corrected chi connectivity index (χ1v) is 7.93. The van der Waals surface area contributed by atoms with Crippen LogP contribution in [0, 0.1) is 0 Å². The number of hydrogen-bond acceptors (Lipinski definition) is 4. The highest BCUT2D eigenvalue weighted by Gasteiger charge is 2.16. The molecule has 4 nitrogen and oxygen atoms in total. The number of benzene rings is 1. The molecule has 0 fully saturated rings. The van der Waals surface area contributed by atoms with Gasteiger partial charge in [-0.1, -0.05) is 50.7 Å². The quantitative estimate of drug-likeness (QED) is 0.814. The molecule has 5 heteroatoms. The first-order chi connectivity index (χ1) is 10.0. The summed E-state index contributed by atoms with van der Waals surface area (Å²) in [6.45, 7) is 6.32. The highest BCUT2D eigenvalue weighted by atomic mass is 32.1. The number of aromatic carboxylic acids is 1. The average Bonchev–Trinajstić information content (AvgIpc) is 2.83. The van der Waals surface area contributed by atoms with Crippen LogP contribution in [0.3, 0.4) is 0 Å². The van der Waals surface area contributed by atoms with Gasteiger partial charge >= 0.3 is 5.97 Å². The molecule has 1 aromatic heterocycles. The van der Waals surface area contributed by atoms with Gasteiger partial charge in [-0.15, -0.1) is 0 Å². The Morgan fingerprint density at radius 2 is 2.00 bits per heavy atom. The molecule has 0 aliphatic heterocycles. The molecule has 0 atom stereocenters. The minimum absolute atomic E-state index is 0.332. The van der Waals surface area contributed by atoms with Crippen molar-refractivity contribution in [2.75, 3.05) is 5.32 Å². The zero-order chi connectivity index (χ0) is 15.4. The van der Waals surface area contributed by atoms with Crippen LogP contribution in [-0.4, -0.2) is 16.1 Å². The van der Waals surface area contributed by atoms with Crippen LogP contribution in [0.2, 0.25) is 0 Å². The summed E-state index contributed by atoms with van der Waals surface area (Å²) < 4.78 is 0. The Kier molecular flexibility index (Phi) is 4.96. The van der Waals surface area contributed by atoms with Crippen LogP contribution < -0.4 is 5.32 Å². The molecule has 0 bridgehead atoms. The fourth-order valence-electron chi connectivity index (χ4n) is 2.05. The second kappa shape index (κ2) is 6.72. The number of aryl methyl sites for hydroxylation is 1. The van der Waals surface area contributed by atoms with Crippen LogP contribution in [0.4, 0.5) is 10.8 Å². The van der Waals surface area contributed by atoms with E-state index in [1.54, 1.807) is 0 Å². The summed E-state index contributed by atoms with van der Waals surface area (Å²) in [5.41, 5.74) is 2.86. The number of aromatic nitrogens is 1. The number of rotatable bonds is 6. The van der Waals surface area contributed by atoms with E-state index in [1.807, 2.05) is 19.1 Å². The Labute approximate surface area is 128 Å². The number of carboxylic acids is 1. The van der Waals surface area contributed by atoms with Gasteiger partial charge in [-0.3, -0.25) is 0 Å². The van der Waals surface area contributed by atoms with Gasteiger partial charge in [0.15, 0.2) is 5.13 Å². The molecule has 2 N–H and O–H groups in total. The van der Waals surface area contributed by atoms with Gasteiger partial charge in [0, 0.05) is 5.69 Å². The summed E-state index contributed by atoms with van der Waals surface area (Å²) in [6, 6.07) is 8.14. The van der Waals surface area contributed by atoms with Crippen LogP contribution in [0.15, 0.2) is 24.3 Å². The van der Waals surface area contributed by atoms with E-state index in [2.05, 4.69) is 36.3 Å². The zero-order valence-electron chi connectivity index (χ0n) is 12.5. The third kappa shape index (κ3) is 3.82. The summed E-state index contributed by atoms with van der Waals surface area (Å²) >= 11 is 1.19. The van der Waals surface area contributed by atoms with Crippen molar-refractivity contribution in [1.29, 1.82) is 0 Å². The number of anilines is 2. The molecule has 0 radical (unpaired) electrons. The smallest absolute Gasteiger partial charge is 0.347 e. The maximum atomic E-state index is 11.2. The Hall–Kier alpha value is -1.88. The van der Waals surface area contributed by atoms with Crippen LogP contribution in [-0.2, 0) is 6.42 Å². The Morgan fingerprint density at radius 3 is 2.52 bits per heavy atom. The van der Waals surface area contributed by atoms with E-state index in [1.165, 1.54) is 16.9 Å². The van der Waals surface area contributed by atoms with Crippen LogP contribution in [0.1, 0.15) is 54.0 Å². The molecule has 0 amide bonds. The zero-order valence-corrected chi connectivity index (χ0v) is 13.3. The minimum Gasteiger partial charge on any atom is -0.477 e. The van der Waals surface area contributed by atoms with Gasteiger partial charge in [-0.05, 0) is 30.0 Å². The predicted octanol–water partition coefficient (Wildman–Crippen LogP) is 4.66. The lowest BCUT2D eigenvalue weighted by Crippen LogP contribution is -1.98. The maximum Gasteiger partial charge on any atom is 0.347 e. The number of nitrogens with zero attached hydrogens (tertiary/aromatic N) is 1. The van der Waals surface area contributed by atoms with Crippen LogP contribution in [0.25, 0.3) is 0 Å². The second-order valence-corrected chi connectivity index (χ2v) is 6.25. The van der Waals surface area contributed by atoms with Crippen molar-refractivity contribution < 1.29 is 9.90 Å². The van der Waals surface area contributed by atoms with E-state index in [4.69, 9.17) is 0 Å². The normalized spacial score (nSPS) is 10.9. The summed E-state index contributed by atoms with van der Waals surface area (Å²) in [4.78, 5) is 16.0. The highest BCUT2D eigenvalue weighted by Crippen LogP contribution is 2.27. The lowest BCUT2D eigenvalue weighted by atomic mass is 10.0. The molecule has 0 aliphatic carbocycles. The molecule has 21 heavy (non-hydrogen) atoms. The molecular formula is C16H20N2O2S. The fraction of sp³-hybridized carbons (Fsp3) is 0.375. The SMILES string of the molecule is CCCc1nc(Nc2ccc(C(C)C)cc2)sc1C(=O)O. The fourth-order valence-corrected chi connectivity index (χ4v) is 2.92. The van der Waals surface area contributed by atoms with E-state index >= 15 is 0 Å². The van der Waals surface area contributed by atoms with Crippen LogP contribution in [0.5, 0.6) is 0 Å². The molecule has 0 aliphatic rings. The molecule has 2 rings (SSSR count). The van der Waals surface area contributed by atoms with Crippen molar-refractivity contribution in [2.24, 2.45) is 0 Å². The van der Waals surface area contributed by atoms with E-state index in [9.17, 15) is 9.90 Å². The molecule has 2 aromatic rings. The molecular weight excluding hydrogens is 284 g/mol. The van der Waals surface area contributed by atoms with E-state index < -0.39 is 5.97 Å². The number of carbonyl (C=O) groups is 1. The molecule has 1 heterocycles. The van der Waals surface area contributed by atoms with Crippen LogP contribution >= 0.6 is 11.3 Å². The maximum absolute atomic E-state index is 11.2. The van der Waals surface area contributed by atoms with Gasteiger partial charge in [0.05, 0.1) is 5.69 Å². The van der Waals surface area contributed by atoms with E-state index in [-0.39, 0.29) is 0 Å². The summed E-state index contributed by atoms with van der Waals surface area (Å²) in [5.74, 6) is -0.409. The predicted molar refractivity (Wildman–Crippen MR) is 86.9 cm³/mol. The third-order valence-corrected chi connectivity index (χ3v) is 4.21. The second-order valence-electron chi connectivity index (χ2n) is 5.25. The van der Waals surface area contributed by atoms with Crippen molar-refractivity contribution in [3.63, 3.8) is 0 Å². The van der Waals surface area contributed by atoms with Gasteiger partial charge in [-0.25, -0.2) is 9.78 Å². The summed E-state index contributed by atoms with van der Waals surface area (Å²) in [6.07, 6.45) is 1.57. The standard InChI is InChI=1S/C16H20N2O2S/c1-4-5-13-14(15(19)20)21-16(18-13)17-12-8-6-11(7-9-12)10(2)3/h6-10H,4-5H2,1-3H3,(H,17,18)(H,19,20).